The van der Waals surface area contributed by atoms with Gasteiger partial charge in [0.05, 0.1) is 0 Å². The number of nitrogens with two attached hydrogens (primary N) is 1. The lowest BCUT2D eigenvalue weighted by Gasteiger charge is -2.49. The number of nitrogens with zero attached hydrogens (tertiary/aromatic N) is 2. The Hall–Kier alpha value is -0.420. The van der Waals surface area contributed by atoms with Gasteiger partial charge < -0.3 is 10.6 Å². The van der Waals surface area contributed by atoms with E-state index >= 15 is 0 Å². The number of piperidine rings is 1. The maximum absolute atomic E-state index is 6.12. The molecule has 4 heteroatoms. The fraction of sp³-hybridized carbons (Fsp3) is 0.714. The van der Waals surface area contributed by atoms with E-state index in [1.807, 2.05) is 0 Å². The minimum Gasteiger partial charge on any atom is -0.329 e. The van der Waals surface area contributed by atoms with Gasteiger partial charge in [0.25, 0.3) is 0 Å². The highest BCUT2D eigenvalue weighted by atomic mass is 32.1. The molecule has 2 rings (SSSR count). The van der Waals surface area contributed by atoms with Gasteiger partial charge in [0.2, 0.25) is 0 Å². The molecule has 1 fully saturated rings. The molecule has 102 valence electrons. The Morgan fingerprint density at radius 2 is 2.39 bits per heavy atom. The number of rotatable bonds is 4. The van der Waals surface area contributed by atoms with Gasteiger partial charge in [-0.25, -0.2) is 0 Å². The molecule has 0 bridgehead atoms. The van der Waals surface area contributed by atoms with Crippen LogP contribution in [0, 0.1) is 0 Å². The van der Waals surface area contributed by atoms with E-state index in [4.69, 9.17) is 5.73 Å². The monoisotopic (exact) mass is 267 g/mol. The van der Waals surface area contributed by atoms with Crippen molar-refractivity contribution in [3.8, 4) is 0 Å². The van der Waals surface area contributed by atoms with E-state index in [0.29, 0.717) is 6.04 Å². The second-order valence-corrected chi connectivity index (χ2v) is 6.48. The third-order valence-electron chi connectivity index (χ3n) is 4.55. The van der Waals surface area contributed by atoms with Crippen molar-refractivity contribution >= 4 is 11.3 Å². The Labute approximate surface area is 115 Å². The standard InChI is InChI=1S/C14H25N3S/c1-12-8-14(11-15,5-6-16(12)2)17(3)9-13-4-7-18-10-13/h4,7,10,12H,5-6,8-9,11,15H2,1-3H3. The SMILES string of the molecule is CC1CC(CN)(N(C)Cc2ccsc2)CCN1C. The third kappa shape index (κ3) is 2.77. The lowest BCUT2D eigenvalue weighted by atomic mass is 9.82. The van der Waals surface area contributed by atoms with E-state index in [1.54, 1.807) is 11.3 Å². The minimum absolute atomic E-state index is 0.174. The Kier molecular flexibility index (Phi) is 4.43. The third-order valence-corrected chi connectivity index (χ3v) is 5.28. The van der Waals surface area contributed by atoms with Gasteiger partial charge in [0, 0.05) is 24.7 Å². The highest BCUT2D eigenvalue weighted by Gasteiger charge is 2.39. The number of thiophene rings is 1. The second kappa shape index (κ2) is 5.70. The van der Waals surface area contributed by atoms with Crippen LogP contribution in [0.15, 0.2) is 16.8 Å². The van der Waals surface area contributed by atoms with Crippen molar-refractivity contribution in [2.24, 2.45) is 5.73 Å². The van der Waals surface area contributed by atoms with Crippen molar-refractivity contribution in [3.05, 3.63) is 22.4 Å². The zero-order chi connectivity index (χ0) is 13.2. The Balaban J connectivity index is 2.07. The van der Waals surface area contributed by atoms with Gasteiger partial charge in [-0.2, -0.15) is 11.3 Å². The number of hydrogen-bond acceptors (Lipinski definition) is 4. The summed E-state index contributed by atoms with van der Waals surface area (Å²) in [6, 6.07) is 2.83. The van der Waals surface area contributed by atoms with Crippen LogP contribution >= 0.6 is 11.3 Å². The molecule has 2 N–H and O–H groups in total. The molecule has 18 heavy (non-hydrogen) atoms. The summed E-state index contributed by atoms with van der Waals surface area (Å²) in [5.41, 5.74) is 7.70. The molecule has 1 aromatic heterocycles. The number of likely N-dealkylation sites (tertiary alicyclic amines) is 1. The predicted molar refractivity (Wildman–Crippen MR) is 78.9 cm³/mol. The van der Waals surface area contributed by atoms with Crippen molar-refractivity contribution in [2.45, 2.75) is 37.9 Å². The largest absolute Gasteiger partial charge is 0.329 e. The quantitative estimate of drug-likeness (QED) is 0.905. The Morgan fingerprint density at radius 3 is 2.94 bits per heavy atom. The van der Waals surface area contributed by atoms with Crippen LogP contribution in [0.1, 0.15) is 25.3 Å². The van der Waals surface area contributed by atoms with Crippen LogP contribution < -0.4 is 5.73 Å². The first-order chi connectivity index (χ1) is 8.57. The number of likely N-dealkylation sites (N-methyl/N-ethyl adjacent to an activating group) is 1. The summed E-state index contributed by atoms with van der Waals surface area (Å²) in [6.07, 6.45) is 2.34. The minimum atomic E-state index is 0.174. The van der Waals surface area contributed by atoms with Crippen LogP contribution in [-0.4, -0.2) is 48.6 Å². The van der Waals surface area contributed by atoms with E-state index in [1.165, 1.54) is 18.4 Å². The molecule has 3 nitrogen and oxygen atoms in total. The maximum Gasteiger partial charge on any atom is 0.0359 e. The molecule has 1 aliphatic rings. The smallest absolute Gasteiger partial charge is 0.0359 e. The zero-order valence-electron chi connectivity index (χ0n) is 11.7. The van der Waals surface area contributed by atoms with Crippen molar-refractivity contribution in [1.82, 2.24) is 9.80 Å². The molecule has 2 atom stereocenters. The van der Waals surface area contributed by atoms with Crippen molar-refractivity contribution < 1.29 is 0 Å². The molecule has 1 aliphatic heterocycles. The molecular formula is C14H25N3S. The average Bonchev–Trinajstić information content (AvgIpc) is 2.85. The lowest BCUT2D eigenvalue weighted by molar-refractivity contribution is 0.0222. The first-order valence-electron chi connectivity index (χ1n) is 6.70. The van der Waals surface area contributed by atoms with Crippen LogP contribution in [0.5, 0.6) is 0 Å². The molecule has 0 aromatic carbocycles. The van der Waals surface area contributed by atoms with Crippen molar-refractivity contribution in [1.29, 1.82) is 0 Å². The summed E-state index contributed by atoms with van der Waals surface area (Å²) < 4.78 is 0. The van der Waals surface area contributed by atoms with E-state index in [-0.39, 0.29) is 5.54 Å². The first kappa shape index (κ1) is 14.0. The molecule has 0 radical (unpaired) electrons. The maximum atomic E-state index is 6.12. The van der Waals surface area contributed by atoms with Crippen molar-refractivity contribution in [3.63, 3.8) is 0 Å². The highest BCUT2D eigenvalue weighted by Crippen LogP contribution is 2.31. The molecule has 0 amide bonds. The van der Waals surface area contributed by atoms with Crippen molar-refractivity contribution in [2.75, 3.05) is 27.2 Å². The summed E-state index contributed by atoms with van der Waals surface area (Å²) in [7, 11) is 4.44. The van der Waals surface area contributed by atoms with Gasteiger partial charge in [0.15, 0.2) is 0 Å². The van der Waals surface area contributed by atoms with E-state index in [9.17, 15) is 0 Å². The Morgan fingerprint density at radius 1 is 1.61 bits per heavy atom. The average molecular weight is 267 g/mol. The van der Waals surface area contributed by atoms with Gasteiger partial charge >= 0.3 is 0 Å². The fourth-order valence-corrected chi connectivity index (χ4v) is 3.58. The Bertz CT molecular complexity index is 365. The summed E-state index contributed by atoms with van der Waals surface area (Å²) >= 11 is 1.77. The highest BCUT2D eigenvalue weighted by molar-refractivity contribution is 7.07. The summed E-state index contributed by atoms with van der Waals surface area (Å²) in [4.78, 5) is 4.91. The van der Waals surface area contributed by atoms with Gasteiger partial charge in [-0.05, 0) is 62.8 Å². The molecule has 1 saturated heterocycles. The zero-order valence-corrected chi connectivity index (χ0v) is 12.5. The second-order valence-electron chi connectivity index (χ2n) is 5.70. The summed E-state index contributed by atoms with van der Waals surface area (Å²) in [5.74, 6) is 0. The van der Waals surface area contributed by atoms with Crippen LogP contribution in [0.4, 0.5) is 0 Å². The van der Waals surface area contributed by atoms with E-state index in [2.05, 4.69) is 47.6 Å². The molecule has 0 aliphatic carbocycles. The topological polar surface area (TPSA) is 32.5 Å². The van der Waals surface area contributed by atoms with Gasteiger partial charge in [-0.15, -0.1) is 0 Å². The van der Waals surface area contributed by atoms with E-state index < -0.39 is 0 Å². The molecule has 2 heterocycles. The molecule has 0 spiro atoms. The molecular weight excluding hydrogens is 242 g/mol. The predicted octanol–water partition coefficient (Wildman–Crippen LogP) is 1.99. The molecule has 1 aromatic rings. The van der Waals surface area contributed by atoms with Gasteiger partial charge in [-0.3, -0.25) is 4.90 Å². The van der Waals surface area contributed by atoms with E-state index in [0.717, 1.165) is 19.6 Å². The first-order valence-corrected chi connectivity index (χ1v) is 7.64. The van der Waals surface area contributed by atoms with Crippen LogP contribution in [0.25, 0.3) is 0 Å². The van der Waals surface area contributed by atoms with Crippen LogP contribution in [0.2, 0.25) is 0 Å². The summed E-state index contributed by atoms with van der Waals surface area (Å²) in [5, 5.41) is 4.38. The summed E-state index contributed by atoms with van der Waals surface area (Å²) in [6.45, 7) is 5.22. The van der Waals surface area contributed by atoms with Gasteiger partial charge in [-0.1, -0.05) is 0 Å². The number of hydrogen-bond donors (Lipinski definition) is 1. The van der Waals surface area contributed by atoms with Crippen LogP contribution in [0.3, 0.4) is 0 Å². The normalized spacial score (nSPS) is 29.9. The lowest BCUT2D eigenvalue weighted by Crippen LogP contribution is -2.59. The molecule has 2 unspecified atom stereocenters. The van der Waals surface area contributed by atoms with Crippen LogP contribution in [-0.2, 0) is 6.54 Å². The molecule has 0 saturated carbocycles. The van der Waals surface area contributed by atoms with Gasteiger partial charge in [0.1, 0.15) is 0 Å². The fourth-order valence-electron chi connectivity index (χ4n) is 2.92.